The molecular formula is C21H34F2N4O5. The number of ether oxygens (including phenoxy) is 1. The highest BCUT2D eigenvalue weighted by atomic mass is 19.1. The number of rotatable bonds is 9. The Balaban J connectivity index is 0.00000177. The van der Waals surface area contributed by atoms with E-state index in [1.165, 1.54) is 24.0 Å². The molecule has 0 saturated carbocycles. The second kappa shape index (κ2) is 16.8. The van der Waals surface area contributed by atoms with Crippen LogP contribution < -0.4 is 15.1 Å². The van der Waals surface area contributed by atoms with Gasteiger partial charge in [-0.15, -0.1) is 0 Å². The van der Waals surface area contributed by atoms with Gasteiger partial charge in [0, 0.05) is 32.4 Å². The number of amides is 1. The van der Waals surface area contributed by atoms with Gasteiger partial charge in [-0.2, -0.15) is 0 Å². The summed E-state index contributed by atoms with van der Waals surface area (Å²) in [5.41, 5.74) is 0.171. The standard InChI is InChI=1S/C17H24F2N4O4.C2H4O.C2H6/c1-20-9-14(26-12-25)10-21(2)13-7-15(18)17(16(19)8-13)22-3-4-23(11-24)27-6-5-22;1-2-3;1-2/h7-8,11-12,14,20H,3-6,9-10H2,1-2H3;2H,1H3;1-2H3/t14-;;/m0../s1. The zero-order valence-corrected chi connectivity index (χ0v) is 19.3. The van der Waals surface area contributed by atoms with Crippen molar-refractivity contribution in [2.24, 2.45) is 0 Å². The minimum Gasteiger partial charge on any atom is -0.461 e. The summed E-state index contributed by atoms with van der Waals surface area (Å²) < 4.78 is 34.3. The first-order valence-electron chi connectivity index (χ1n) is 10.3. The molecule has 0 aliphatic carbocycles. The van der Waals surface area contributed by atoms with Crippen molar-refractivity contribution >= 4 is 30.5 Å². The molecule has 1 aliphatic heterocycles. The van der Waals surface area contributed by atoms with Crippen LogP contribution in [0.1, 0.15) is 20.8 Å². The summed E-state index contributed by atoms with van der Waals surface area (Å²) in [5.74, 6) is -1.42. The lowest BCUT2D eigenvalue weighted by molar-refractivity contribution is -0.166. The van der Waals surface area contributed by atoms with Gasteiger partial charge in [0.2, 0.25) is 6.41 Å². The van der Waals surface area contributed by atoms with Crippen molar-refractivity contribution in [1.29, 1.82) is 0 Å². The van der Waals surface area contributed by atoms with E-state index < -0.39 is 17.7 Å². The van der Waals surface area contributed by atoms with Crippen LogP contribution in [0, 0.1) is 11.6 Å². The van der Waals surface area contributed by atoms with Crippen LogP contribution in [0.25, 0.3) is 0 Å². The van der Waals surface area contributed by atoms with Gasteiger partial charge < -0.3 is 24.6 Å². The predicted octanol–water partition coefficient (Wildman–Crippen LogP) is 1.60. The van der Waals surface area contributed by atoms with Crippen molar-refractivity contribution in [2.45, 2.75) is 26.9 Å². The van der Waals surface area contributed by atoms with Gasteiger partial charge in [-0.25, -0.2) is 13.8 Å². The van der Waals surface area contributed by atoms with Gasteiger partial charge in [0.25, 0.3) is 6.47 Å². The Kier molecular flexibility index (Phi) is 15.4. The molecule has 1 heterocycles. The molecule has 0 spiro atoms. The highest BCUT2D eigenvalue weighted by Gasteiger charge is 2.23. The van der Waals surface area contributed by atoms with E-state index in [0.29, 0.717) is 25.1 Å². The van der Waals surface area contributed by atoms with E-state index in [1.54, 1.807) is 19.0 Å². The van der Waals surface area contributed by atoms with Crippen molar-refractivity contribution in [3.05, 3.63) is 23.8 Å². The Labute approximate surface area is 188 Å². The van der Waals surface area contributed by atoms with Crippen LogP contribution in [0.3, 0.4) is 0 Å². The van der Waals surface area contributed by atoms with Crippen LogP contribution in [0.15, 0.2) is 12.1 Å². The Morgan fingerprint density at radius 3 is 2.28 bits per heavy atom. The van der Waals surface area contributed by atoms with Gasteiger partial charge in [-0.1, -0.05) is 13.8 Å². The van der Waals surface area contributed by atoms with Gasteiger partial charge in [0.05, 0.1) is 19.7 Å². The largest absolute Gasteiger partial charge is 0.461 e. The van der Waals surface area contributed by atoms with Crippen LogP contribution in [0.4, 0.5) is 20.2 Å². The predicted molar refractivity (Wildman–Crippen MR) is 119 cm³/mol. The van der Waals surface area contributed by atoms with Gasteiger partial charge in [-0.05, 0) is 26.1 Å². The molecule has 0 radical (unpaired) electrons. The lowest BCUT2D eigenvalue weighted by Gasteiger charge is -2.27. The molecule has 1 saturated heterocycles. The van der Waals surface area contributed by atoms with Crippen molar-refractivity contribution in [3.63, 3.8) is 0 Å². The third-order valence-electron chi connectivity index (χ3n) is 4.24. The third kappa shape index (κ3) is 9.56. The quantitative estimate of drug-likeness (QED) is 0.556. The summed E-state index contributed by atoms with van der Waals surface area (Å²) in [6.45, 7) is 7.33. The molecule has 2 rings (SSSR count). The molecule has 11 heteroatoms. The Morgan fingerprint density at radius 1 is 1.19 bits per heavy atom. The van der Waals surface area contributed by atoms with E-state index in [2.05, 4.69) is 5.32 Å². The molecule has 1 amide bonds. The Morgan fingerprint density at radius 2 is 1.78 bits per heavy atom. The number of nitrogens with zero attached hydrogens (tertiary/aromatic N) is 3. The normalized spacial score (nSPS) is 14.0. The second-order valence-electron chi connectivity index (χ2n) is 6.35. The van der Waals surface area contributed by atoms with Crippen LogP contribution >= 0.6 is 0 Å². The third-order valence-corrected chi connectivity index (χ3v) is 4.24. The molecule has 32 heavy (non-hydrogen) atoms. The van der Waals surface area contributed by atoms with Gasteiger partial charge in [-0.3, -0.25) is 14.4 Å². The SMILES string of the molecule is CC.CC=O.CNC[C@@H](CN(C)c1cc(F)c(N2CCON(C=O)CC2)c(F)c1)OC=O. The van der Waals surface area contributed by atoms with E-state index >= 15 is 0 Å². The van der Waals surface area contributed by atoms with E-state index in [4.69, 9.17) is 14.4 Å². The molecule has 1 N–H and O–H groups in total. The zero-order chi connectivity index (χ0) is 24.5. The number of likely N-dealkylation sites (N-methyl/N-ethyl adjacent to an activating group) is 2. The molecular weight excluding hydrogens is 426 g/mol. The number of carbonyl (C=O) groups excluding carboxylic acids is 3. The number of carbonyl (C=O) groups is 3. The number of hydrogen-bond acceptors (Lipinski definition) is 8. The summed E-state index contributed by atoms with van der Waals surface area (Å²) in [5, 5.41) is 4.00. The van der Waals surface area contributed by atoms with Crippen molar-refractivity contribution in [2.75, 3.05) is 63.2 Å². The molecule has 1 aromatic carbocycles. The van der Waals surface area contributed by atoms with E-state index in [0.717, 1.165) is 11.3 Å². The van der Waals surface area contributed by atoms with Gasteiger partial charge in [0.15, 0.2) is 11.6 Å². The molecule has 182 valence electrons. The molecule has 1 fully saturated rings. The lowest BCUT2D eigenvalue weighted by Crippen LogP contribution is -2.37. The number of hydroxylamine groups is 2. The number of nitrogens with one attached hydrogen (secondary N) is 1. The number of halogens is 2. The maximum absolute atomic E-state index is 14.7. The van der Waals surface area contributed by atoms with Crippen molar-refractivity contribution in [3.8, 4) is 0 Å². The first-order chi connectivity index (χ1) is 15.4. The highest BCUT2D eigenvalue weighted by molar-refractivity contribution is 5.59. The molecule has 0 bridgehead atoms. The lowest BCUT2D eigenvalue weighted by atomic mass is 10.2. The maximum Gasteiger partial charge on any atom is 0.293 e. The van der Waals surface area contributed by atoms with Crippen molar-refractivity contribution in [1.82, 2.24) is 10.4 Å². The monoisotopic (exact) mass is 460 g/mol. The summed E-state index contributed by atoms with van der Waals surface area (Å²) in [7, 11) is 3.37. The first kappa shape index (κ1) is 29.2. The fourth-order valence-electron chi connectivity index (χ4n) is 2.92. The smallest absolute Gasteiger partial charge is 0.293 e. The number of anilines is 2. The molecule has 0 aromatic heterocycles. The van der Waals surface area contributed by atoms with Gasteiger partial charge in [0.1, 0.15) is 18.1 Å². The summed E-state index contributed by atoms with van der Waals surface area (Å²) >= 11 is 0. The number of benzene rings is 1. The zero-order valence-electron chi connectivity index (χ0n) is 19.3. The average Bonchev–Trinajstić information content (AvgIpc) is 3.01. The Hall–Kier alpha value is -2.79. The molecule has 1 aromatic rings. The van der Waals surface area contributed by atoms with Crippen LogP contribution in [-0.4, -0.2) is 83.8 Å². The van der Waals surface area contributed by atoms with Crippen LogP contribution in [0.2, 0.25) is 0 Å². The summed E-state index contributed by atoms with van der Waals surface area (Å²) in [6, 6.07) is 2.47. The summed E-state index contributed by atoms with van der Waals surface area (Å²) in [6.07, 6.45) is 0.831. The second-order valence-corrected chi connectivity index (χ2v) is 6.35. The van der Waals surface area contributed by atoms with Gasteiger partial charge >= 0.3 is 0 Å². The molecule has 9 nitrogen and oxygen atoms in total. The maximum atomic E-state index is 14.7. The molecule has 1 aliphatic rings. The highest BCUT2D eigenvalue weighted by Crippen LogP contribution is 2.29. The first-order valence-corrected chi connectivity index (χ1v) is 10.3. The van der Waals surface area contributed by atoms with E-state index in [9.17, 15) is 18.4 Å². The molecule has 0 unspecified atom stereocenters. The van der Waals surface area contributed by atoms with Crippen LogP contribution in [-0.2, 0) is 24.0 Å². The fraction of sp³-hybridized carbons (Fsp3) is 0.571. The topological polar surface area (TPSA) is 91.4 Å². The van der Waals surface area contributed by atoms with Crippen molar-refractivity contribution < 1.29 is 32.7 Å². The Bertz CT molecular complexity index is 673. The molecule has 1 atom stereocenters. The minimum atomic E-state index is -0.710. The van der Waals surface area contributed by atoms with E-state index in [1.807, 2.05) is 13.8 Å². The minimum absolute atomic E-state index is 0.147. The number of hydrogen-bond donors (Lipinski definition) is 1. The number of aldehydes is 1. The van der Waals surface area contributed by atoms with E-state index in [-0.39, 0.29) is 38.5 Å². The fourth-order valence-corrected chi connectivity index (χ4v) is 2.92. The summed E-state index contributed by atoms with van der Waals surface area (Å²) in [4.78, 5) is 38.4. The average molecular weight is 461 g/mol. The van der Waals surface area contributed by atoms with Crippen LogP contribution in [0.5, 0.6) is 0 Å².